The predicted octanol–water partition coefficient (Wildman–Crippen LogP) is -0.479. The Kier molecular flexibility index (Phi) is 6.17. The molecule has 1 saturated heterocycles. The number of aliphatic hydroxyl groups is 4. The number of esters is 1. The molecule has 152 valence electrons. The number of furan rings is 1. The van der Waals surface area contributed by atoms with Gasteiger partial charge in [-0.15, -0.1) is 0 Å². The molecule has 0 aliphatic carbocycles. The minimum Gasteiger partial charge on any atom is -0.508 e. The zero-order valence-corrected chi connectivity index (χ0v) is 14.5. The Morgan fingerprint density at radius 3 is 2.57 bits per heavy atom. The number of carbonyl (C=O) groups is 1. The lowest BCUT2D eigenvalue weighted by atomic mass is 9.99. The third-order valence-corrected chi connectivity index (χ3v) is 4.22. The lowest BCUT2D eigenvalue weighted by Crippen LogP contribution is -2.60. The lowest BCUT2D eigenvalue weighted by molar-refractivity contribution is -0.277. The van der Waals surface area contributed by atoms with Crippen molar-refractivity contribution in [1.82, 2.24) is 0 Å². The normalized spacial score (nSPS) is 27.4. The van der Waals surface area contributed by atoms with Gasteiger partial charge in [-0.05, 0) is 30.3 Å². The van der Waals surface area contributed by atoms with E-state index in [2.05, 4.69) is 0 Å². The second kappa shape index (κ2) is 8.59. The number of benzene rings is 1. The molecule has 2 aromatic rings. The zero-order valence-electron chi connectivity index (χ0n) is 14.5. The van der Waals surface area contributed by atoms with Crippen LogP contribution in [0.3, 0.4) is 0 Å². The van der Waals surface area contributed by atoms with Crippen molar-refractivity contribution in [3.8, 4) is 11.5 Å². The van der Waals surface area contributed by atoms with Crippen molar-refractivity contribution in [3.05, 3.63) is 47.9 Å². The Balaban J connectivity index is 1.74. The van der Waals surface area contributed by atoms with Gasteiger partial charge in [-0.3, -0.25) is 0 Å². The van der Waals surface area contributed by atoms with Crippen LogP contribution >= 0.6 is 0 Å². The highest BCUT2D eigenvalue weighted by Crippen LogP contribution is 2.29. The van der Waals surface area contributed by atoms with Crippen LogP contribution in [0.2, 0.25) is 0 Å². The Hall–Kier alpha value is -2.63. The Morgan fingerprint density at radius 2 is 1.89 bits per heavy atom. The van der Waals surface area contributed by atoms with Crippen molar-refractivity contribution in [1.29, 1.82) is 0 Å². The summed E-state index contributed by atoms with van der Waals surface area (Å²) in [7, 11) is 0. The van der Waals surface area contributed by atoms with Crippen LogP contribution in [0.25, 0.3) is 0 Å². The highest BCUT2D eigenvalue weighted by Gasteiger charge is 2.44. The summed E-state index contributed by atoms with van der Waals surface area (Å²) in [5, 5.41) is 48.7. The predicted molar refractivity (Wildman–Crippen MR) is 90.3 cm³/mol. The molecule has 1 aromatic heterocycles. The maximum absolute atomic E-state index is 11.9. The van der Waals surface area contributed by atoms with Gasteiger partial charge in [0, 0.05) is 5.56 Å². The van der Waals surface area contributed by atoms with E-state index in [4.69, 9.17) is 18.6 Å². The summed E-state index contributed by atoms with van der Waals surface area (Å²) in [6.07, 6.45) is -5.97. The number of aromatic hydroxyl groups is 1. The first kappa shape index (κ1) is 20.1. The molecule has 5 N–H and O–H groups in total. The first-order valence-electron chi connectivity index (χ1n) is 8.40. The van der Waals surface area contributed by atoms with E-state index in [0.29, 0.717) is 0 Å². The van der Waals surface area contributed by atoms with Gasteiger partial charge in [-0.2, -0.15) is 0 Å². The fourth-order valence-corrected chi connectivity index (χ4v) is 2.69. The highest BCUT2D eigenvalue weighted by molar-refractivity contribution is 5.86. The Morgan fingerprint density at radius 1 is 1.11 bits per heavy atom. The molecule has 0 amide bonds. The fraction of sp³-hybridized carbons (Fsp3) is 0.389. The molecule has 10 nitrogen and oxygen atoms in total. The molecule has 5 unspecified atom stereocenters. The lowest BCUT2D eigenvalue weighted by Gasteiger charge is -2.39. The van der Waals surface area contributed by atoms with Gasteiger partial charge >= 0.3 is 5.97 Å². The van der Waals surface area contributed by atoms with Crippen LogP contribution in [-0.4, -0.2) is 68.8 Å². The summed E-state index contributed by atoms with van der Waals surface area (Å²) in [6.45, 7) is -0.894. The van der Waals surface area contributed by atoms with Crippen molar-refractivity contribution >= 4 is 5.97 Å². The second-order valence-electron chi connectivity index (χ2n) is 6.16. The van der Waals surface area contributed by atoms with Gasteiger partial charge in [0.1, 0.15) is 42.5 Å². The maximum Gasteiger partial charge on any atom is 0.374 e. The minimum atomic E-state index is -1.61. The van der Waals surface area contributed by atoms with E-state index in [1.165, 1.54) is 36.6 Å². The van der Waals surface area contributed by atoms with Gasteiger partial charge in [0.2, 0.25) is 12.1 Å². The molecule has 0 spiro atoms. The molecular weight excluding hydrogens is 376 g/mol. The number of aliphatic hydroxyl groups excluding tert-OH is 4. The summed E-state index contributed by atoms with van der Waals surface area (Å²) in [5.74, 6) is -0.761. The van der Waals surface area contributed by atoms with Crippen molar-refractivity contribution in [2.24, 2.45) is 0 Å². The van der Waals surface area contributed by atoms with Crippen molar-refractivity contribution in [3.63, 3.8) is 0 Å². The molecule has 10 heteroatoms. The van der Waals surface area contributed by atoms with Crippen LogP contribution in [0.4, 0.5) is 0 Å². The van der Waals surface area contributed by atoms with Gasteiger partial charge in [-0.25, -0.2) is 4.79 Å². The molecule has 0 bridgehead atoms. The van der Waals surface area contributed by atoms with Crippen LogP contribution in [0, 0.1) is 0 Å². The molecule has 1 aliphatic rings. The standard InChI is InChI=1S/C18H20O10/c19-7-13-14(21)15(22)16(23)18(28-13)27-11-4-3-10(20)6-9(11)8-26-17(24)12-2-1-5-25-12/h1-6,13-16,18-23H,7-8H2. The topological polar surface area (TPSA) is 159 Å². The van der Waals surface area contributed by atoms with Gasteiger partial charge < -0.3 is 44.2 Å². The van der Waals surface area contributed by atoms with Crippen molar-refractivity contribution < 1.29 is 49.0 Å². The van der Waals surface area contributed by atoms with Crippen molar-refractivity contribution in [2.45, 2.75) is 37.3 Å². The fourth-order valence-electron chi connectivity index (χ4n) is 2.69. The summed E-state index contributed by atoms with van der Waals surface area (Å²) < 4.78 is 20.9. The van der Waals surface area contributed by atoms with E-state index in [1.54, 1.807) is 0 Å². The summed E-state index contributed by atoms with van der Waals surface area (Å²) >= 11 is 0. The van der Waals surface area contributed by atoms with Crippen LogP contribution in [0.5, 0.6) is 11.5 Å². The van der Waals surface area contributed by atoms with Crippen LogP contribution in [0.1, 0.15) is 16.1 Å². The number of carbonyl (C=O) groups excluding carboxylic acids is 1. The third-order valence-electron chi connectivity index (χ3n) is 4.22. The van der Waals surface area contributed by atoms with Gasteiger partial charge in [-0.1, -0.05) is 0 Å². The average molecular weight is 396 g/mol. The second-order valence-corrected chi connectivity index (χ2v) is 6.16. The number of hydrogen-bond donors (Lipinski definition) is 5. The smallest absolute Gasteiger partial charge is 0.374 e. The molecule has 2 heterocycles. The Bertz CT molecular complexity index is 788. The van der Waals surface area contributed by atoms with Crippen LogP contribution < -0.4 is 4.74 Å². The monoisotopic (exact) mass is 396 g/mol. The van der Waals surface area contributed by atoms with E-state index in [-0.39, 0.29) is 29.4 Å². The largest absolute Gasteiger partial charge is 0.508 e. The number of phenolic OH excluding ortho intramolecular Hbond substituents is 1. The molecule has 28 heavy (non-hydrogen) atoms. The number of hydrogen-bond acceptors (Lipinski definition) is 10. The quantitative estimate of drug-likeness (QED) is 0.404. The number of phenols is 1. The molecule has 0 radical (unpaired) electrons. The molecule has 0 saturated carbocycles. The zero-order chi connectivity index (χ0) is 20.3. The number of rotatable bonds is 6. The first-order valence-corrected chi connectivity index (χ1v) is 8.40. The van der Waals surface area contributed by atoms with E-state index in [0.717, 1.165) is 0 Å². The number of ether oxygens (including phenoxy) is 3. The van der Waals surface area contributed by atoms with E-state index >= 15 is 0 Å². The molecule has 1 aromatic carbocycles. The average Bonchev–Trinajstić information content (AvgIpc) is 3.23. The first-order chi connectivity index (χ1) is 13.4. The molecule has 1 aliphatic heterocycles. The van der Waals surface area contributed by atoms with Crippen LogP contribution in [-0.2, 0) is 16.1 Å². The molecule has 1 fully saturated rings. The molecular formula is C18H20O10. The van der Waals surface area contributed by atoms with Gasteiger partial charge in [0.25, 0.3) is 0 Å². The Labute approximate surface area is 159 Å². The van der Waals surface area contributed by atoms with Gasteiger partial charge in [0.05, 0.1) is 12.9 Å². The molecule has 3 rings (SSSR count). The van der Waals surface area contributed by atoms with E-state index in [1.807, 2.05) is 0 Å². The SMILES string of the molecule is O=C(OCc1cc(O)ccc1OC1OC(CO)C(O)C(O)C1O)c1ccco1. The minimum absolute atomic E-state index is 0.00319. The summed E-state index contributed by atoms with van der Waals surface area (Å²) in [6, 6.07) is 6.90. The maximum atomic E-state index is 11.9. The van der Waals surface area contributed by atoms with Crippen LogP contribution in [0.15, 0.2) is 41.0 Å². The van der Waals surface area contributed by atoms with E-state index in [9.17, 15) is 30.3 Å². The third kappa shape index (κ3) is 4.26. The summed E-state index contributed by atoms with van der Waals surface area (Å²) in [5.41, 5.74) is 0.247. The van der Waals surface area contributed by atoms with Crippen molar-refractivity contribution in [2.75, 3.05) is 6.61 Å². The summed E-state index contributed by atoms with van der Waals surface area (Å²) in [4.78, 5) is 11.9. The molecule has 5 atom stereocenters. The van der Waals surface area contributed by atoms with Gasteiger partial charge in [0.15, 0.2) is 0 Å². The van der Waals surface area contributed by atoms with E-state index < -0.39 is 43.3 Å². The highest BCUT2D eigenvalue weighted by atomic mass is 16.7.